The summed E-state index contributed by atoms with van der Waals surface area (Å²) in [6, 6.07) is 0. The Balaban J connectivity index is 2.46. The molecular formula is C14H25NO. The molecule has 1 aliphatic heterocycles. The van der Waals surface area contributed by atoms with Gasteiger partial charge in [0.05, 0.1) is 6.26 Å². The summed E-state index contributed by atoms with van der Waals surface area (Å²) in [5.41, 5.74) is 1.62. The van der Waals surface area contributed by atoms with Crippen LogP contribution in [-0.2, 0) is 4.74 Å². The van der Waals surface area contributed by atoms with Crippen molar-refractivity contribution in [3.63, 3.8) is 0 Å². The Morgan fingerprint density at radius 1 is 1.50 bits per heavy atom. The van der Waals surface area contributed by atoms with Crippen LogP contribution in [0.1, 0.15) is 47.0 Å². The zero-order valence-corrected chi connectivity index (χ0v) is 11.0. The fourth-order valence-electron chi connectivity index (χ4n) is 1.62. The van der Waals surface area contributed by atoms with Gasteiger partial charge in [0.15, 0.2) is 0 Å². The summed E-state index contributed by atoms with van der Waals surface area (Å²) in [5.74, 6) is 0. The van der Waals surface area contributed by atoms with E-state index < -0.39 is 0 Å². The highest BCUT2D eigenvalue weighted by Gasteiger charge is 2.11. The molecule has 0 spiro atoms. The Morgan fingerprint density at radius 2 is 2.25 bits per heavy atom. The molecule has 0 aromatic carbocycles. The molecule has 2 nitrogen and oxygen atoms in total. The smallest absolute Gasteiger partial charge is 0.117 e. The number of hydrogen-bond acceptors (Lipinski definition) is 2. The second-order valence-electron chi connectivity index (χ2n) is 5.41. The first-order chi connectivity index (χ1) is 7.51. The van der Waals surface area contributed by atoms with Gasteiger partial charge in [-0.05, 0) is 52.2 Å². The van der Waals surface area contributed by atoms with E-state index in [0.29, 0.717) is 0 Å². The van der Waals surface area contributed by atoms with Crippen molar-refractivity contribution in [3.8, 4) is 0 Å². The minimum absolute atomic E-state index is 0.182. The molecule has 1 rings (SSSR count). The second-order valence-corrected chi connectivity index (χ2v) is 5.41. The van der Waals surface area contributed by atoms with E-state index in [1.54, 1.807) is 0 Å². The van der Waals surface area contributed by atoms with Crippen LogP contribution in [0.2, 0.25) is 0 Å². The number of ether oxygens (including phenoxy) is 1. The predicted octanol–water partition coefficient (Wildman–Crippen LogP) is 3.40. The minimum Gasteiger partial charge on any atom is -0.494 e. The van der Waals surface area contributed by atoms with Crippen molar-refractivity contribution in [1.82, 2.24) is 5.32 Å². The lowest BCUT2D eigenvalue weighted by atomic mass is 10.0. The lowest BCUT2D eigenvalue weighted by Gasteiger charge is -2.23. The summed E-state index contributed by atoms with van der Waals surface area (Å²) < 4.78 is 5.56. The van der Waals surface area contributed by atoms with E-state index in [1.165, 1.54) is 5.57 Å². The molecule has 0 saturated carbocycles. The fraction of sp³-hybridized carbons (Fsp3) is 0.714. The molecule has 1 unspecified atom stereocenters. The summed E-state index contributed by atoms with van der Waals surface area (Å²) in [5, 5.41) is 3.52. The summed E-state index contributed by atoms with van der Waals surface area (Å²) in [7, 11) is 0. The molecule has 2 heteroatoms. The van der Waals surface area contributed by atoms with Crippen LogP contribution in [0, 0.1) is 0 Å². The minimum atomic E-state index is 0.182. The highest BCUT2D eigenvalue weighted by Crippen LogP contribution is 2.14. The molecule has 0 saturated heterocycles. The molecule has 1 heterocycles. The molecule has 1 aliphatic rings. The van der Waals surface area contributed by atoms with Crippen molar-refractivity contribution in [2.24, 2.45) is 0 Å². The van der Waals surface area contributed by atoms with Crippen LogP contribution in [0.3, 0.4) is 0 Å². The van der Waals surface area contributed by atoms with Gasteiger partial charge in [-0.15, -0.1) is 0 Å². The lowest BCUT2D eigenvalue weighted by Crippen LogP contribution is -2.37. The van der Waals surface area contributed by atoms with E-state index >= 15 is 0 Å². The molecule has 16 heavy (non-hydrogen) atoms. The van der Waals surface area contributed by atoms with Crippen LogP contribution in [0.15, 0.2) is 24.0 Å². The van der Waals surface area contributed by atoms with Gasteiger partial charge in [-0.2, -0.15) is 0 Å². The van der Waals surface area contributed by atoms with Crippen LogP contribution in [-0.4, -0.2) is 18.2 Å². The Labute approximate surface area is 99.8 Å². The van der Waals surface area contributed by atoms with Gasteiger partial charge >= 0.3 is 0 Å². The van der Waals surface area contributed by atoms with Gasteiger partial charge < -0.3 is 10.1 Å². The first-order valence-corrected chi connectivity index (χ1v) is 6.26. The quantitative estimate of drug-likeness (QED) is 0.737. The van der Waals surface area contributed by atoms with Crippen LogP contribution in [0.5, 0.6) is 0 Å². The van der Waals surface area contributed by atoms with Gasteiger partial charge in [-0.3, -0.25) is 0 Å². The molecule has 0 bridgehead atoms. The van der Waals surface area contributed by atoms with Gasteiger partial charge in [0.25, 0.3) is 0 Å². The third-order valence-corrected chi connectivity index (χ3v) is 2.69. The van der Waals surface area contributed by atoms with Crippen molar-refractivity contribution < 1.29 is 4.74 Å². The maximum Gasteiger partial charge on any atom is 0.117 e. The number of allylic oxidation sites excluding steroid dienone is 1. The molecule has 0 aliphatic carbocycles. The summed E-state index contributed by atoms with van der Waals surface area (Å²) in [4.78, 5) is 0. The van der Waals surface area contributed by atoms with Gasteiger partial charge in [-0.25, -0.2) is 0 Å². The zero-order valence-electron chi connectivity index (χ0n) is 11.0. The third kappa shape index (κ3) is 5.36. The highest BCUT2D eigenvalue weighted by atomic mass is 16.5. The van der Waals surface area contributed by atoms with Crippen LogP contribution >= 0.6 is 0 Å². The van der Waals surface area contributed by atoms with E-state index in [2.05, 4.69) is 45.2 Å². The number of rotatable bonds is 4. The summed E-state index contributed by atoms with van der Waals surface area (Å²) in [6.45, 7) is 9.75. The first kappa shape index (κ1) is 13.3. The van der Waals surface area contributed by atoms with Gasteiger partial charge in [0.1, 0.15) is 6.10 Å². The standard InChI is InChI=1S/C14H25NO/c1-5-12(11-15-14(2,3)4)10-13-8-6-7-9-16-13/h7,9-10,13,15H,5-6,8,11H2,1-4H3. The SMILES string of the molecule is CCC(=CC1CCC=CO1)CNC(C)(C)C. The molecule has 92 valence electrons. The largest absolute Gasteiger partial charge is 0.494 e. The normalized spacial score (nSPS) is 22.0. The maximum atomic E-state index is 5.56. The Hall–Kier alpha value is -0.760. The predicted molar refractivity (Wildman–Crippen MR) is 69.4 cm³/mol. The Morgan fingerprint density at radius 3 is 2.75 bits per heavy atom. The Bertz CT molecular complexity index is 260. The molecule has 1 atom stereocenters. The van der Waals surface area contributed by atoms with Gasteiger partial charge in [0.2, 0.25) is 0 Å². The van der Waals surface area contributed by atoms with E-state index in [1.807, 2.05) is 6.26 Å². The van der Waals surface area contributed by atoms with Crippen molar-refractivity contribution in [2.45, 2.75) is 58.6 Å². The lowest BCUT2D eigenvalue weighted by molar-refractivity contribution is 0.164. The average molecular weight is 223 g/mol. The van der Waals surface area contributed by atoms with Crippen LogP contribution < -0.4 is 5.32 Å². The molecular weight excluding hydrogens is 198 g/mol. The average Bonchev–Trinajstić information content (AvgIpc) is 2.24. The molecule has 0 amide bonds. The van der Waals surface area contributed by atoms with E-state index in [0.717, 1.165) is 25.8 Å². The van der Waals surface area contributed by atoms with E-state index in [9.17, 15) is 0 Å². The molecule has 0 aromatic rings. The second kappa shape index (κ2) is 6.09. The van der Waals surface area contributed by atoms with Crippen LogP contribution in [0.4, 0.5) is 0 Å². The summed E-state index contributed by atoms with van der Waals surface area (Å²) >= 11 is 0. The monoisotopic (exact) mass is 223 g/mol. The Kier molecular flexibility index (Phi) is 5.07. The fourth-order valence-corrected chi connectivity index (χ4v) is 1.62. The zero-order chi connectivity index (χ0) is 12.0. The van der Waals surface area contributed by atoms with Crippen molar-refractivity contribution in [3.05, 3.63) is 24.0 Å². The van der Waals surface area contributed by atoms with Crippen molar-refractivity contribution in [2.75, 3.05) is 6.54 Å². The third-order valence-electron chi connectivity index (χ3n) is 2.69. The van der Waals surface area contributed by atoms with Gasteiger partial charge in [0, 0.05) is 12.1 Å². The van der Waals surface area contributed by atoms with E-state index in [4.69, 9.17) is 4.74 Å². The first-order valence-electron chi connectivity index (χ1n) is 6.26. The highest BCUT2D eigenvalue weighted by molar-refractivity contribution is 5.09. The molecule has 0 radical (unpaired) electrons. The number of nitrogens with one attached hydrogen (secondary N) is 1. The number of hydrogen-bond donors (Lipinski definition) is 1. The van der Waals surface area contributed by atoms with Crippen molar-refractivity contribution >= 4 is 0 Å². The van der Waals surface area contributed by atoms with E-state index in [-0.39, 0.29) is 11.6 Å². The summed E-state index contributed by atoms with van der Waals surface area (Å²) in [6.07, 6.45) is 9.80. The molecule has 0 fully saturated rings. The van der Waals surface area contributed by atoms with Crippen molar-refractivity contribution in [1.29, 1.82) is 0 Å². The van der Waals surface area contributed by atoms with Gasteiger partial charge in [-0.1, -0.05) is 12.5 Å². The molecule has 0 aromatic heterocycles. The van der Waals surface area contributed by atoms with Crippen LogP contribution in [0.25, 0.3) is 0 Å². The maximum absolute atomic E-state index is 5.56. The topological polar surface area (TPSA) is 21.3 Å². The molecule has 1 N–H and O–H groups in total.